The predicted molar refractivity (Wildman–Crippen MR) is 87.8 cm³/mol. The van der Waals surface area contributed by atoms with E-state index in [1.165, 1.54) is 19.1 Å². The fourth-order valence-electron chi connectivity index (χ4n) is 2.23. The molecule has 0 fully saturated rings. The molecule has 0 aromatic heterocycles. The Morgan fingerprint density at radius 1 is 1.18 bits per heavy atom. The third-order valence-corrected chi connectivity index (χ3v) is 3.45. The molecule has 0 amide bonds. The molecular formula is C16H24ClNO4. The van der Waals surface area contributed by atoms with Crippen molar-refractivity contribution >= 4 is 24.2 Å². The van der Waals surface area contributed by atoms with Crippen molar-refractivity contribution in [3.63, 3.8) is 0 Å². The van der Waals surface area contributed by atoms with E-state index in [0.717, 1.165) is 13.1 Å². The third-order valence-electron chi connectivity index (χ3n) is 3.45. The van der Waals surface area contributed by atoms with E-state index >= 15 is 0 Å². The lowest BCUT2D eigenvalue weighted by molar-refractivity contribution is -0.0308. The van der Waals surface area contributed by atoms with Gasteiger partial charge in [-0.3, -0.25) is 9.69 Å². The van der Waals surface area contributed by atoms with Crippen LogP contribution < -0.4 is 0 Å². The van der Waals surface area contributed by atoms with Crippen LogP contribution >= 0.6 is 12.4 Å². The van der Waals surface area contributed by atoms with Crippen LogP contribution in [0.2, 0.25) is 0 Å². The maximum atomic E-state index is 12.2. The number of ether oxygens (including phenoxy) is 1. The summed E-state index contributed by atoms with van der Waals surface area (Å²) >= 11 is 0. The minimum Gasteiger partial charge on any atom is -0.506 e. The van der Waals surface area contributed by atoms with Gasteiger partial charge in [-0.15, -0.1) is 12.4 Å². The number of carbonyl (C=O) groups excluding carboxylic acids is 2. The van der Waals surface area contributed by atoms with E-state index in [-0.39, 0.29) is 41.3 Å². The molecule has 0 saturated carbocycles. The van der Waals surface area contributed by atoms with E-state index in [9.17, 15) is 14.7 Å². The smallest absolute Gasteiger partial charge is 0.343 e. The molecule has 5 nitrogen and oxygen atoms in total. The zero-order valence-corrected chi connectivity index (χ0v) is 14.3. The first-order chi connectivity index (χ1) is 9.96. The first-order valence-electron chi connectivity index (χ1n) is 7.24. The van der Waals surface area contributed by atoms with Crippen molar-refractivity contribution in [2.24, 2.45) is 0 Å². The highest BCUT2D eigenvalue weighted by Crippen LogP contribution is 2.24. The Bertz CT molecular complexity index is 515. The normalized spacial score (nSPS) is 11.7. The van der Waals surface area contributed by atoms with E-state index < -0.39 is 5.97 Å². The first kappa shape index (κ1) is 20.4. The Hall–Kier alpha value is -1.59. The quantitative estimate of drug-likeness (QED) is 0.472. The minimum atomic E-state index is -0.616. The summed E-state index contributed by atoms with van der Waals surface area (Å²) in [5, 5.41) is 10.0. The fourth-order valence-corrected chi connectivity index (χ4v) is 2.23. The van der Waals surface area contributed by atoms with Gasteiger partial charge in [-0.2, -0.15) is 0 Å². The van der Waals surface area contributed by atoms with Crippen LogP contribution in [0.5, 0.6) is 5.75 Å². The molecule has 1 unspecified atom stereocenters. The van der Waals surface area contributed by atoms with Crippen molar-refractivity contribution in [3.8, 4) is 5.75 Å². The van der Waals surface area contributed by atoms with Crippen LogP contribution in [0.3, 0.4) is 0 Å². The predicted octanol–water partition coefficient (Wildman–Crippen LogP) is 3.25. The summed E-state index contributed by atoms with van der Waals surface area (Å²) in [4.78, 5) is 25.6. The average Bonchev–Trinajstić information content (AvgIpc) is 2.46. The van der Waals surface area contributed by atoms with Gasteiger partial charge in [0.15, 0.2) is 12.0 Å². The molecule has 0 saturated heterocycles. The molecule has 1 atom stereocenters. The summed E-state index contributed by atoms with van der Waals surface area (Å²) in [6.07, 6.45) is 0.313. The summed E-state index contributed by atoms with van der Waals surface area (Å²) < 4.78 is 5.46. The van der Waals surface area contributed by atoms with Gasteiger partial charge in [-0.25, -0.2) is 4.79 Å². The molecule has 0 aliphatic carbocycles. The van der Waals surface area contributed by atoms with E-state index in [0.29, 0.717) is 6.42 Å². The lowest BCUT2D eigenvalue weighted by atomic mass is 10.1. The number of para-hydroxylation sites is 1. The van der Waals surface area contributed by atoms with Crippen LogP contribution in [0.4, 0.5) is 0 Å². The molecule has 6 heteroatoms. The number of hydrogen-bond acceptors (Lipinski definition) is 5. The van der Waals surface area contributed by atoms with Gasteiger partial charge in [0.05, 0.1) is 5.56 Å². The van der Waals surface area contributed by atoms with Gasteiger partial charge in [-0.05, 0) is 38.6 Å². The summed E-state index contributed by atoms with van der Waals surface area (Å²) in [6, 6.07) is 4.50. The number of aromatic hydroxyl groups is 1. The highest BCUT2D eigenvalue weighted by molar-refractivity contribution is 6.02. The van der Waals surface area contributed by atoms with Gasteiger partial charge in [0, 0.05) is 0 Å². The topological polar surface area (TPSA) is 66.8 Å². The molecule has 0 aliphatic heterocycles. The number of nitrogens with zero attached hydrogens (tertiary/aromatic N) is 1. The van der Waals surface area contributed by atoms with Crippen molar-refractivity contribution < 1.29 is 19.4 Å². The average molecular weight is 330 g/mol. The Morgan fingerprint density at radius 2 is 1.73 bits per heavy atom. The van der Waals surface area contributed by atoms with Crippen molar-refractivity contribution in [2.75, 3.05) is 13.1 Å². The SMILES string of the molecule is CCC(OC(=O)c1cccc(C(C)=O)c1O)N(CC)CC.Cl. The zero-order chi connectivity index (χ0) is 16.0. The van der Waals surface area contributed by atoms with Crippen LogP contribution in [0.25, 0.3) is 0 Å². The summed E-state index contributed by atoms with van der Waals surface area (Å²) in [6.45, 7) is 8.79. The van der Waals surface area contributed by atoms with Crippen molar-refractivity contribution in [1.82, 2.24) is 4.90 Å². The second kappa shape index (κ2) is 9.43. The molecule has 0 heterocycles. The highest BCUT2D eigenvalue weighted by atomic mass is 35.5. The van der Waals surface area contributed by atoms with Gasteiger partial charge in [-0.1, -0.05) is 26.8 Å². The van der Waals surface area contributed by atoms with Crippen molar-refractivity contribution in [3.05, 3.63) is 29.3 Å². The van der Waals surface area contributed by atoms with Crippen molar-refractivity contribution in [2.45, 2.75) is 40.3 Å². The Kier molecular flexibility index (Phi) is 8.75. The fraction of sp³-hybridized carbons (Fsp3) is 0.500. The van der Waals surface area contributed by atoms with Gasteiger partial charge < -0.3 is 9.84 Å². The first-order valence-corrected chi connectivity index (χ1v) is 7.24. The zero-order valence-electron chi connectivity index (χ0n) is 13.5. The molecule has 0 spiro atoms. The van der Waals surface area contributed by atoms with E-state index in [4.69, 9.17) is 4.74 Å². The Balaban J connectivity index is 0.00000441. The summed E-state index contributed by atoms with van der Waals surface area (Å²) in [5.74, 6) is -1.23. The molecule has 1 aromatic carbocycles. The minimum absolute atomic E-state index is 0. The number of benzene rings is 1. The summed E-state index contributed by atoms with van der Waals surface area (Å²) in [5.41, 5.74) is 0.147. The second-order valence-corrected chi connectivity index (χ2v) is 4.75. The van der Waals surface area contributed by atoms with Gasteiger partial charge in [0.1, 0.15) is 11.3 Å². The maximum absolute atomic E-state index is 12.2. The number of phenolic OH excluding ortho intramolecular Hbond substituents is 1. The van der Waals surface area contributed by atoms with Gasteiger partial charge in [0.2, 0.25) is 0 Å². The molecule has 1 aromatic rings. The molecule has 0 radical (unpaired) electrons. The third kappa shape index (κ3) is 4.71. The van der Waals surface area contributed by atoms with Crippen LogP contribution in [-0.2, 0) is 4.74 Å². The number of carbonyl (C=O) groups is 2. The number of hydrogen-bond donors (Lipinski definition) is 1. The molecule has 124 valence electrons. The van der Waals surface area contributed by atoms with E-state index in [2.05, 4.69) is 0 Å². The van der Waals surface area contributed by atoms with E-state index in [1.807, 2.05) is 25.7 Å². The molecule has 1 N–H and O–H groups in total. The van der Waals surface area contributed by atoms with Gasteiger partial charge in [0.25, 0.3) is 0 Å². The van der Waals surface area contributed by atoms with Crippen LogP contribution in [0.1, 0.15) is 54.8 Å². The lowest BCUT2D eigenvalue weighted by Gasteiger charge is -2.28. The molecule has 0 aliphatic rings. The van der Waals surface area contributed by atoms with Crippen LogP contribution in [0.15, 0.2) is 18.2 Å². The number of halogens is 1. The number of Topliss-reactive ketones (excluding diaryl/α,β-unsaturated/α-hetero) is 1. The van der Waals surface area contributed by atoms with Crippen LogP contribution in [0, 0.1) is 0 Å². The number of ketones is 1. The van der Waals surface area contributed by atoms with Crippen molar-refractivity contribution in [1.29, 1.82) is 0 Å². The number of esters is 1. The number of rotatable bonds is 7. The van der Waals surface area contributed by atoms with E-state index in [1.54, 1.807) is 6.07 Å². The summed E-state index contributed by atoms with van der Waals surface area (Å²) in [7, 11) is 0. The molecule has 1 rings (SSSR count). The highest BCUT2D eigenvalue weighted by Gasteiger charge is 2.23. The monoisotopic (exact) mass is 329 g/mol. The van der Waals surface area contributed by atoms with Gasteiger partial charge >= 0.3 is 5.97 Å². The molecular weight excluding hydrogens is 306 g/mol. The lowest BCUT2D eigenvalue weighted by Crippen LogP contribution is -2.38. The maximum Gasteiger partial charge on any atom is 0.343 e. The standard InChI is InChI=1S/C16H23NO4.ClH/c1-5-14(17(6-2)7-3)21-16(20)13-10-8-9-12(11(4)18)15(13)19;/h8-10,14,19H,5-7H2,1-4H3;1H. The number of phenols is 1. The Labute approximate surface area is 137 Å². The largest absolute Gasteiger partial charge is 0.506 e. The van der Waals surface area contributed by atoms with Crippen LogP contribution in [-0.4, -0.2) is 41.1 Å². The Morgan fingerprint density at radius 3 is 2.18 bits per heavy atom. The molecule has 22 heavy (non-hydrogen) atoms. The second-order valence-electron chi connectivity index (χ2n) is 4.75. The molecule has 0 bridgehead atoms.